The van der Waals surface area contributed by atoms with Gasteiger partial charge in [0.05, 0.1) is 18.4 Å². The van der Waals surface area contributed by atoms with E-state index < -0.39 is 29.8 Å². The Morgan fingerprint density at radius 1 is 1.31 bits per heavy atom. The molecule has 6 nitrogen and oxygen atoms in total. The van der Waals surface area contributed by atoms with Gasteiger partial charge in [-0.1, -0.05) is 12.2 Å². The van der Waals surface area contributed by atoms with Gasteiger partial charge in [0.25, 0.3) is 0 Å². The van der Waals surface area contributed by atoms with Crippen molar-refractivity contribution in [1.29, 1.82) is 0 Å². The van der Waals surface area contributed by atoms with Gasteiger partial charge < -0.3 is 20.6 Å². The van der Waals surface area contributed by atoms with Crippen LogP contribution in [-0.2, 0) is 9.59 Å². The summed E-state index contributed by atoms with van der Waals surface area (Å²) in [5, 5.41) is 29.4. The zero-order valence-electron chi connectivity index (χ0n) is 8.67. The number of aliphatic carboxylic acids is 2. The maximum absolute atomic E-state index is 11.0. The number of hydrogen-bond donors (Lipinski definition) is 4. The quantitative estimate of drug-likeness (QED) is 0.464. The van der Waals surface area contributed by atoms with Gasteiger partial charge in [0.1, 0.15) is 0 Å². The van der Waals surface area contributed by atoms with E-state index >= 15 is 0 Å². The Kier molecular flexibility index (Phi) is 4.45. The van der Waals surface area contributed by atoms with Gasteiger partial charge in [-0.3, -0.25) is 9.59 Å². The lowest BCUT2D eigenvalue weighted by Gasteiger charge is -2.30. The summed E-state index contributed by atoms with van der Waals surface area (Å²) in [6.45, 7) is 0.152. The minimum Gasteiger partial charge on any atom is -0.481 e. The third kappa shape index (κ3) is 2.80. The van der Waals surface area contributed by atoms with E-state index in [2.05, 4.69) is 5.32 Å². The first-order valence-corrected chi connectivity index (χ1v) is 5.04. The minimum absolute atomic E-state index is 0.107. The lowest BCUT2D eigenvalue weighted by atomic mass is 9.80. The van der Waals surface area contributed by atoms with Crippen molar-refractivity contribution in [3.8, 4) is 0 Å². The lowest BCUT2D eigenvalue weighted by molar-refractivity contribution is -0.153. The average molecular weight is 229 g/mol. The Hall–Kier alpha value is -1.40. The van der Waals surface area contributed by atoms with Gasteiger partial charge in [-0.15, -0.1) is 0 Å². The van der Waals surface area contributed by atoms with Crippen LogP contribution in [0.2, 0.25) is 0 Å². The molecule has 0 bridgehead atoms. The highest BCUT2D eigenvalue weighted by Crippen LogP contribution is 2.25. The highest BCUT2D eigenvalue weighted by molar-refractivity contribution is 5.82. The molecule has 6 heteroatoms. The van der Waals surface area contributed by atoms with Crippen LogP contribution < -0.4 is 5.32 Å². The van der Waals surface area contributed by atoms with Gasteiger partial charge in [0.15, 0.2) is 0 Å². The molecule has 0 aliphatic heterocycles. The van der Waals surface area contributed by atoms with Gasteiger partial charge in [0, 0.05) is 12.6 Å². The zero-order valence-corrected chi connectivity index (χ0v) is 8.67. The summed E-state index contributed by atoms with van der Waals surface area (Å²) in [4.78, 5) is 21.9. The van der Waals surface area contributed by atoms with Crippen molar-refractivity contribution in [3.05, 3.63) is 12.2 Å². The van der Waals surface area contributed by atoms with Gasteiger partial charge in [-0.2, -0.15) is 0 Å². The highest BCUT2D eigenvalue weighted by atomic mass is 16.4. The predicted octanol–water partition coefficient (Wildman–Crippen LogP) is -0.702. The Labute approximate surface area is 92.6 Å². The molecule has 0 aromatic carbocycles. The molecule has 0 saturated heterocycles. The molecular weight excluding hydrogens is 214 g/mol. The summed E-state index contributed by atoms with van der Waals surface area (Å²) in [6, 6.07) is -0.448. The predicted molar refractivity (Wildman–Crippen MR) is 54.9 cm³/mol. The molecule has 3 atom stereocenters. The second-order valence-electron chi connectivity index (χ2n) is 3.68. The molecule has 0 radical (unpaired) electrons. The van der Waals surface area contributed by atoms with Crippen LogP contribution in [0, 0.1) is 11.8 Å². The van der Waals surface area contributed by atoms with Crippen LogP contribution in [0.25, 0.3) is 0 Å². The molecule has 3 unspecified atom stereocenters. The number of carboxylic acids is 2. The summed E-state index contributed by atoms with van der Waals surface area (Å²) >= 11 is 0. The molecule has 0 saturated carbocycles. The van der Waals surface area contributed by atoms with Crippen LogP contribution in [0.15, 0.2) is 12.2 Å². The number of carbonyl (C=O) groups is 2. The standard InChI is InChI=1S/C10H15NO5/c12-5-4-11-7-3-1-2-6(9(13)14)8(7)10(15)16/h1-2,6-8,11-12H,3-5H2,(H,13,14)(H,15,16). The third-order valence-corrected chi connectivity index (χ3v) is 2.64. The summed E-state index contributed by atoms with van der Waals surface area (Å²) in [5.74, 6) is -4.28. The van der Waals surface area contributed by atoms with Crippen molar-refractivity contribution >= 4 is 11.9 Å². The van der Waals surface area contributed by atoms with Crippen LogP contribution >= 0.6 is 0 Å². The highest BCUT2D eigenvalue weighted by Gasteiger charge is 2.39. The zero-order chi connectivity index (χ0) is 12.1. The summed E-state index contributed by atoms with van der Waals surface area (Å²) in [6.07, 6.45) is 3.53. The van der Waals surface area contributed by atoms with E-state index in [9.17, 15) is 9.59 Å². The summed E-state index contributed by atoms with van der Waals surface area (Å²) in [7, 11) is 0. The molecule has 0 aromatic rings. The van der Waals surface area contributed by atoms with Crippen LogP contribution in [0.1, 0.15) is 6.42 Å². The first-order chi connectivity index (χ1) is 7.57. The van der Waals surface area contributed by atoms with Crippen molar-refractivity contribution in [3.63, 3.8) is 0 Å². The molecule has 0 heterocycles. The van der Waals surface area contributed by atoms with Crippen molar-refractivity contribution in [2.24, 2.45) is 11.8 Å². The van der Waals surface area contributed by atoms with Gasteiger partial charge >= 0.3 is 11.9 Å². The lowest BCUT2D eigenvalue weighted by Crippen LogP contribution is -2.47. The Morgan fingerprint density at radius 3 is 2.50 bits per heavy atom. The normalized spacial score (nSPS) is 28.9. The van der Waals surface area contributed by atoms with E-state index in [0.29, 0.717) is 6.42 Å². The molecule has 1 aliphatic carbocycles. The van der Waals surface area contributed by atoms with E-state index in [-0.39, 0.29) is 13.2 Å². The molecule has 1 rings (SSSR count). The fourth-order valence-electron chi connectivity index (χ4n) is 1.91. The van der Waals surface area contributed by atoms with Gasteiger partial charge in [-0.05, 0) is 6.42 Å². The van der Waals surface area contributed by atoms with E-state index in [1.54, 1.807) is 6.08 Å². The molecular formula is C10H15NO5. The van der Waals surface area contributed by atoms with Crippen molar-refractivity contribution < 1.29 is 24.9 Å². The van der Waals surface area contributed by atoms with Gasteiger partial charge in [0.2, 0.25) is 0 Å². The Bertz CT molecular complexity index is 302. The topological polar surface area (TPSA) is 107 Å². The average Bonchev–Trinajstić information content (AvgIpc) is 2.25. The largest absolute Gasteiger partial charge is 0.481 e. The van der Waals surface area contributed by atoms with Crippen molar-refractivity contribution in [2.75, 3.05) is 13.2 Å². The molecule has 0 fully saturated rings. The van der Waals surface area contributed by atoms with Gasteiger partial charge in [-0.25, -0.2) is 0 Å². The number of carboxylic acid groups (broad SMARTS) is 2. The summed E-state index contributed by atoms with van der Waals surface area (Å²) in [5.41, 5.74) is 0. The molecule has 1 aliphatic rings. The molecule has 0 spiro atoms. The van der Waals surface area contributed by atoms with Crippen molar-refractivity contribution in [2.45, 2.75) is 12.5 Å². The maximum atomic E-state index is 11.0. The fourth-order valence-corrected chi connectivity index (χ4v) is 1.91. The first kappa shape index (κ1) is 12.7. The minimum atomic E-state index is -1.14. The molecule has 0 amide bonds. The number of aliphatic hydroxyl groups excluding tert-OH is 1. The number of nitrogens with one attached hydrogen (secondary N) is 1. The Balaban J connectivity index is 2.81. The van der Waals surface area contributed by atoms with E-state index in [0.717, 1.165) is 0 Å². The second-order valence-corrected chi connectivity index (χ2v) is 3.68. The first-order valence-electron chi connectivity index (χ1n) is 5.04. The van der Waals surface area contributed by atoms with Crippen LogP contribution in [-0.4, -0.2) is 46.5 Å². The van der Waals surface area contributed by atoms with E-state index in [4.69, 9.17) is 15.3 Å². The SMILES string of the molecule is O=C(O)C1C=CCC(NCCO)C1C(=O)O. The van der Waals surface area contributed by atoms with Crippen LogP contribution in [0.3, 0.4) is 0 Å². The second kappa shape index (κ2) is 5.62. The maximum Gasteiger partial charge on any atom is 0.311 e. The smallest absolute Gasteiger partial charge is 0.311 e. The van der Waals surface area contributed by atoms with E-state index in [1.165, 1.54) is 6.08 Å². The number of aliphatic hydroxyl groups is 1. The third-order valence-electron chi connectivity index (χ3n) is 2.64. The molecule has 16 heavy (non-hydrogen) atoms. The molecule has 0 aromatic heterocycles. The molecule has 4 N–H and O–H groups in total. The Morgan fingerprint density at radius 2 is 2.00 bits per heavy atom. The van der Waals surface area contributed by atoms with Crippen LogP contribution in [0.4, 0.5) is 0 Å². The molecule has 90 valence electrons. The van der Waals surface area contributed by atoms with Crippen molar-refractivity contribution in [1.82, 2.24) is 5.32 Å². The van der Waals surface area contributed by atoms with E-state index in [1.807, 2.05) is 0 Å². The fraction of sp³-hybridized carbons (Fsp3) is 0.600. The summed E-state index contributed by atoms with van der Waals surface area (Å²) < 4.78 is 0. The van der Waals surface area contributed by atoms with Crippen LogP contribution in [0.5, 0.6) is 0 Å². The number of rotatable bonds is 5. The monoisotopic (exact) mass is 229 g/mol. The number of hydrogen-bond acceptors (Lipinski definition) is 4.